The fourth-order valence-corrected chi connectivity index (χ4v) is 3.19. The number of nitriles is 1. The van der Waals surface area contributed by atoms with Gasteiger partial charge in [-0.05, 0) is 60.5 Å². The van der Waals surface area contributed by atoms with Gasteiger partial charge in [0, 0.05) is 29.1 Å². The molecule has 0 fully saturated rings. The molecule has 1 N–H and O–H groups in total. The van der Waals surface area contributed by atoms with E-state index in [1.165, 1.54) is 6.07 Å². The number of nitro groups is 1. The summed E-state index contributed by atoms with van der Waals surface area (Å²) in [4.78, 5) is 10.5. The van der Waals surface area contributed by atoms with Crippen molar-refractivity contribution in [1.29, 1.82) is 5.26 Å². The Morgan fingerprint density at radius 2 is 1.81 bits per heavy atom. The summed E-state index contributed by atoms with van der Waals surface area (Å²) in [5, 5.41) is 20.3. The Kier molecular flexibility index (Phi) is 6.80. The number of halogens is 1. The van der Waals surface area contributed by atoms with Crippen molar-refractivity contribution in [2.75, 3.05) is 0 Å². The summed E-state index contributed by atoms with van der Waals surface area (Å²) in [7, 11) is 0. The van der Waals surface area contributed by atoms with Crippen LogP contribution in [0.25, 0.3) is 0 Å². The van der Waals surface area contributed by atoms with E-state index < -0.39 is 37.8 Å². The first-order valence-corrected chi connectivity index (χ1v) is 9.42. The highest BCUT2D eigenvalue weighted by Crippen LogP contribution is 2.36. The number of hydrogen-bond acceptors (Lipinski definition) is 5. The van der Waals surface area contributed by atoms with Gasteiger partial charge in [0.2, 0.25) is 0 Å². The van der Waals surface area contributed by atoms with Crippen LogP contribution in [0.3, 0.4) is 0 Å². The summed E-state index contributed by atoms with van der Waals surface area (Å²) in [5.41, 5.74) is -1.97. The summed E-state index contributed by atoms with van der Waals surface area (Å²) in [6.07, 6.45) is 0.684. The van der Waals surface area contributed by atoms with E-state index >= 15 is 0 Å². The van der Waals surface area contributed by atoms with Gasteiger partial charge in [-0.25, -0.2) is 4.39 Å². The zero-order chi connectivity index (χ0) is 20.3. The molecule has 0 aromatic heterocycles. The normalized spacial score (nSPS) is 15.8. The van der Waals surface area contributed by atoms with Crippen LogP contribution in [0.5, 0.6) is 0 Å². The summed E-state index contributed by atoms with van der Waals surface area (Å²) in [6, 6.07) is 5.50. The minimum atomic E-state index is -1.53. The van der Waals surface area contributed by atoms with E-state index in [-0.39, 0.29) is 17.7 Å². The number of nitrogens with one attached hydrogen (secondary N) is 1. The third kappa shape index (κ3) is 5.66. The molecule has 1 aromatic rings. The molecule has 0 spiro atoms. The van der Waals surface area contributed by atoms with Gasteiger partial charge in [-0.15, -0.1) is 4.72 Å². The number of rotatable bonds is 7. The molecule has 0 aliphatic carbocycles. The Labute approximate surface area is 157 Å². The molecule has 0 saturated heterocycles. The van der Waals surface area contributed by atoms with Crippen LogP contribution in [0, 0.1) is 32.7 Å². The number of benzene rings is 1. The minimum Gasteiger partial charge on any atom is -0.598 e. The van der Waals surface area contributed by atoms with Crippen molar-refractivity contribution < 1.29 is 13.9 Å². The highest BCUT2D eigenvalue weighted by Gasteiger charge is 2.40. The molecule has 144 valence electrons. The lowest BCUT2D eigenvalue weighted by Crippen LogP contribution is -2.50. The van der Waals surface area contributed by atoms with Crippen molar-refractivity contribution in [3.8, 4) is 6.07 Å². The summed E-state index contributed by atoms with van der Waals surface area (Å²) in [5.74, 6) is -0.619. The van der Waals surface area contributed by atoms with Gasteiger partial charge >= 0.3 is 0 Å². The predicted octanol–water partition coefficient (Wildman–Crippen LogP) is 4.33. The van der Waals surface area contributed by atoms with Crippen LogP contribution in [0.1, 0.15) is 59.9 Å². The van der Waals surface area contributed by atoms with Gasteiger partial charge in [0.1, 0.15) is 10.6 Å². The molecule has 26 heavy (non-hydrogen) atoms. The number of non-ortho nitro benzene ring substituents is 1. The van der Waals surface area contributed by atoms with Gasteiger partial charge in [-0.1, -0.05) is 0 Å². The predicted molar refractivity (Wildman–Crippen MR) is 100 cm³/mol. The first kappa shape index (κ1) is 22.4. The highest BCUT2D eigenvalue weighted by molar-refractivity contribution is 7.90. The first-order valence-electron chi connectivity index (χ1n) is 8.27. The van der Waals surface area contributed by atoms with Crippen LogP contribution >= 0.6 is 0 Å². The van der Waals surface area contributed by atoms with Crippen molar-refractivity contribution in [3.63, 3.8) is 0 Å². The molecule has 1 unspecified atom stereocenters. The number of hydrogen-bond donors (Lipinski definition) is 1. The number of nitro benzene ring substituents is 1. The molecule has 1 rings (SSSR count). The van der Waals surface area contributed by atoms with Gasteiger partial charge < -0.3 is 4.55 Å². The molecule has 0 aliphatic rings. The third-order valence-electron chi connectivity index (χ3n) is 4.18. The Bertz CT molecular complexity index is 713. The van der Waals surface area contributed by atoms with Gasteiger partial charge in [-0.2, -0.15) is 5.26 Å². The molecule has 0 heterocycles. The summed E-state index contributed by atoms with van der Waals surface area (Å²) in [6.45, 7) is 10.5. The van der Waals surface area contributed by atoms with Crippen LogP contribution in [0.4, 0.5) is 10.1 Å². The van der Waals surface area contributed by atoms with Crippen LogP contribution < -0.4 is 4.72 Å². The molecule has 0 saturated carbocycles. The van der Waals surface area contributed by atoms with E-state index in [1.807, 2.05) is 0 Å². The van der Waals surface area contributed by atoms with Crippen molar-refractivity contribution in [1.82, 2.24) is 4.72 Å². The average Bonchev–Trinajstić information content (AvgIpc) is 2.52. The molecule has 2 atom stereocenters. The van der Waals surface area contributed by atoms with E-state index in [0.29, 0.717) is 6.42 Å². The lowest BCUT2D eigenvalue weighted by molar-refractivity contribution is -0.385. The van der Waals surface area contributed by atoms with Gasteiger partial charge in [0.15, 0.2) is 0 Å². The monoisotopic (exact) mass is 383 g/mol. The van der Waals surface area contributed by atoms with E-state index in [9.17, 15) is 24.3 Å². The average molecular weight is 383 g/mol. The van der Waals surface area contributed by atoms with Gasteiger partial charge in [-0.3, -0.25) is 10.1 Å². The second-order valence-corrected chi connectivity index (χ2v) is 10.2. The molecule has 1 aromatic carbocycles. The topological polar surface area (TPSA) is 102 Å². The smallest absolute Gasteiger partial charge is 0.269 e. The second-order valence-electron chi connectivity index (χ2n) is 8.23. The second kappa shape index (κ2) is 7.91. The van der Waals surface area contributed by atoms with Crippen molar-refractivity contribution in [2.45, 2.75) is 64.7 Å². The zero-order valence-corrected chi connectivity index (χ0v) is 16.9. The number of nitrogens with zero attached hydrogens (tertiary/aromatic N) is 2. The third-order valence-corrected chi connectivity index (χ3v) is 5.93. The summed E-state index contributed by atoms with van der Waals surface area (Å²) < 4.78 is 29.6. The van der Waals surface area contributed by atoms with E-state index in [1.54, 1.807) is 41.5 Å². The maximum atomic E-state index is 14.6. The van der Waals surface area contributed by atoms with Crippen LogP contribution in [0.15, 0.2) is 18.2 Å². The largest absolute Gasteiger partial charge is 0.598 e. The summed E-state index contributed by atoms with van der Waals surface area (Å²) >= 11 is -1.53. The van der Waals surface area contributed by atoms with Crippen molar-refractivity contribution >= 4 is 17.0 Å². The Hall–Kier alpha value is -1.69. The molecule has 0 bridgehead atoms. The SMILES string of the molecule is CC(C)(C#N)CC[C@](C)(N[S+]([O-])C(C)(C)C)c1cc([N+](=O)[O-])ccc1F. The molecular formula is C18H26FN3O3S. The Morgan fingerprint density at radius 3 is 2.27 bits per heavy atom. The molecule has 0 aliphatic heterocycles. The minimum absolute atomic E-state index is 0.0676. The van der Waals surface area contributed by atoms with Gasteiger partial charge in [0.05, 0.1) is 21.9 Å². The standard InChI is InChI=1S/C18H26FN3O3S/c1-16(2,3)26(25)21-18(6,10-9-17(4,5)12-20)14-11-13(22(23)24)7-8-15(14)19/h7-8,11,21H,9-10H2,1-6H3/t18-,26?/m0/s1. The fourth-order valence-electron chi connectivity index (χ4n) is 2.27. The van der Waals surface area contributed by atoms with E-state index in [4.69, 9.17) is 0 Å². The van der Waals surface area contributed by atoms with Crippen LogP contribution in [-0.4, -0.2) is 14.2 Å². The van der Waals surface area contributed by atoms with E-state index in [0.717, 1.165) is 12.1 Å². The zero-order valence-electron chi connectivity index (χ0n) is 16.1. The fraction of sp³-hybridized carbons (Fsp3) is 0.611. The maximum absolute atomic E-state index is 14.6. The Balaban J connectivity index is 3.38. The quantitative estimate of drug-likeness (QED) is 0.429. The molecule has 0 radical (unpaired) electrons. The van der Waals surface area contributed by atoms with Crippen LogP contribution in [0.2, 0.25) is 0 Å². The lowest BCUT2D eigenvalue weighted by Gasteiger charge is -2.36. The van der Waals surface area contributed by atoms with Crippen molar-refractivity contribution in [3.05, 3.63) is 39.7 Å². The molecule has 0 amide bonds. The molecular weight excluding hydrogens is 357 g/mol. The van der Waals surface area contributed by atoms with Crippen molar-refractivity contribution in [2.24, 2.45) is 5.41 Å². The first-order chi connectivity index (χ1) is 11.7. The molecule has 8 heteroatoms. The van der Waals surface area contributed by atoms with E-state index in [2.05, 4.69) is 10.8 Å². The molecule has 6 nitrogen and oxygen atoms in total. The van der Waals surface area contributed by atoms with Gasteiger partial charge in [0.25, 0.3) is 5.69 Å². The Morgan fingerprint density at radius 1 is 1.23 bits per heavy atom. The highest BCUT2D eigenvalue weighted by atomic mass is 32.2. The lowest BCUT2D eigenvalue weighted by atomic mass is 9.80. The van der Waals surface area contributed by atoms with Crippen LogP contribution in [-0.2, 0) is 16.9 Å². The maximum Gasteiger partial charge on any atom is 0.269 e.